The molecule has 0 aliphatic heterocycles. The van der Waals surface area contributed by atoms with Crippen molar-refractivity contribution in [2.75, 3.05) is 5.32 Å². The minimum atomic E-state index is -0.398. The lowest BCUT2D eigenvalue weighted by Gasteiger charge is -2.07. The van der Waals surface area contributed by atoms with Crippen LogP contribution in [0.4, 0.5) is 5.69 Å². The molecular weight excluding hydrogens is 306 g/mol. The molecular formula is C17H19N5O2. The molecule has 1 amide bonds. The van der Waals surface area contributed by atoms with Gasteiger partial charge in [0.05, 0.1) is 11.4 Å². The van der Waals surface area contributed by atoms with Gasteiger partial charge in [-0.2, -0.15) is 5.10 Å². The van der Waals surface area contributed by atoms with Gasteiger partial charge in [-0.15, -0.1) is 0 Å². The third kappa shape index (κ3) is 2.54. The summed E-state index contributed by atoms with van der Waals surface area (Å²) in [4.78, 5) is 25.1. The Balaban J connectivity index is 2.01. The number of hydrogen-bond donors (Lipinski definition) is 1. The molecule has 0 fully saturated rings. The van der Waals surface area contributed by atoms with Crippen molar-refractivity contribution in [3.8, 4) is 5.69 Å². The quantitative estimate of drug-likeness (QED) is 0.798. The Morgan fingerprint density at radius 3 is 2.38 bits per heavy atom. The molecule has 0 saturated heterocycles. The van der Waals surface area contributed by atoms with Gasteiger partial charge >= 0.3 is 0 Å². The van der Waals surface area contributed by atoms with Gasteiger partial charge in [0.25, 0.3) is 11.5 Å². The summed E-state index contributed by atoms with van der Waals surface area (Å²) in [5.41, 5.74) is 2.54. The number of amides is 1. The van der Waals surface area contributed by atoms with Crippen molar-refractivity contribution in [1.82, 2.24) is 19.1 Å². The maximum Gasteiger partial charge on any atom is 0.295 e. The van der Waals surface area contributed by atoms with Crippen LogP contribution >= 0.6 is 0 Å². The number of carbonyl (C=O) groups excluding carboxylic acids is 1. The molecule has 0 aliphatic carbocycles. The summed E-state index contributed by atoms with van der Waals surface area (Å²) in [5.74, 6) is -0.398. The highest BCUT2D eigenvalue weighted by atomic mass is 16.2. The molecule has 0 radical (unpaired) electrons. The Hall–Kier alpha value is -3.09. The number of carbonyl (C=O) groups is 1. The SMILES string of the molecule is Cc1cc(C(=O)Nc2c(C)n(C)n(-c3ccccc3)c2=O)nn1C. The number of benzene rings is 1. The number of rotatable bonds is 3. The highest BCUT2D eigenvalue weighted by Crippen LogP contribution is 2.15. The fourth-order valence-electron chi connectivity index (χ4n) is 2.56. The van der Waals surface area contributed by atoms with Crippen molar-refractivity contribution in [2.45, 2.75) is 13.8 Å². The Kier molecular flexibility index (Phi) is 3.84. The summed E-state index contributed by atoms with van der Waals surface area (Å²) in [6.45, 7) is 3.65. The van der Waals surface area contributed by atoms with Gasteiger partial charge in [0.1, 0.15) is 5.69 Å². The first-order valence-electron chi connectivity index (χ1n) is 7.56. The molecule has 3 rings (SSSR count). The maximum absolute atomic E-state index is 12.8. The first-order valence-corrected chi connectivity index (χ1v) is 7.56. The van der Waals surface area contributed by atoms with Gasteiger partial charge < -0.3 is 5.32 Å². The third-order valence-electron chi connectivity index (χ3n) is 4.14. The van der Waals surface area contributed by atoms with Crippen LogP contribution in [0, 0.1) is 13.8 Å². The predicted octanol–water partition coefficient (Wildman–Crippen LogP) is 1.78. The van der Waals surface area contributed by atoms with Crippen LogP contribution in [0.15, 0.2) is 41.2 Å². The Morgan fingerprint density at radius 2 is 1.79 bits per heavy atom. The highest BCUT2D eigenvalue weighted by molar-refractivity contribution is 6.03. The largest absolute Gasteiger partial charge is 0.314 e. The Bertz CT molecular complexity index is 944. The van der Waals surface area contributed by atoms with E-state index in [0.29, 0.717) is 5.69 Å². The smallest absolute Gasteiger partial charge is 0.295 e. The molecule has 0 aliphatic rings. The average Bonchev–Trinajstić information content (AvgIpc) is 3.01. The molecule has 0 unspecified atom stereocenters. The Morgan fingerprint density at radius 1 is 1.12 bits per heavy atom. The fourth-order valence-corrected chi connectivity index (χ4v) is 2.56. The predicted molar refractivity (Wildman–Crippen MR) is 91.6 cm³/mol. The number of aromatic nitrogens is 4. The third-order valence-corrected chi connectivity index (χ3v) is 4.14. The standard InChI is InChI=1S/C17H19N5O2/c1-11-10-14(19-20(11)3)16(23)18-15-12(2)21(4)22(17(15)24)13-8-6-5-7-9-13/h5-10H,1-4H3,(H,18,23). The van der Waals surface area contributed by atoms with Crippen molar-refractivity contribution in [3.63, 3.8) is 0 Å². The van der Waals surface area contributed by atoms with Crippen molar-refractivity contribution >= 4 is 11.6 Å². The molecule has 0 bridgehead atoms. The van der Waals surface area contributed by atoms with Crippen LogP contribution in [0.25, 0.3) is 5.69 Å². The second-order valence-corrected chi connectivity index (χ2v) is 5.69. The first-order chi connectivity index (χ1) is 11.4. The van der Waals surface area contributed by atoms with Gasteiger partial charge in [-0.25, -0.2) is 4.68 Å². The average molecular weight is 325 g/mol. The van der Waals surface area contributed by atoms with Crippen molar-refractivity contribution in [1.29, 1.82) is 0 Å². The van der Waals surface area contributed by atoms with Crippen LogP contribution in [-0.4, -0.2) is 25.1 Å². The summed E-state index contributed by atoms with van der Waals surface area (Å²) in [5, 5.41) is 6.84. The number of nitrogens with zero attached hydrogens (tertiary/aromatic N) is 4. The van der Waals surface area contributed by atoms with Gasteiger partial charge in [-0.1, -0.05) is 18.2 Å². The number of aryl methyl sites for hydroxylation is 2. The van der Waals surface area contributed by atoms with Gasteiger partial charge in [0, 0.05) is 19.8 Å². The molecule has 2 aromatic heterocycles. The van der Waals surface area contributed by atoms with E-state index in [-0.39, 0.29) is 16.9 Å². The molecule has 7 heteroatoms. The lowest BCUT2D eigenvalue weighted by Crippen LogP contribution is -2.23. The molecule has 7 nitrogen and oxygen atoms in total. The molecule has 2 heterocycles. The zero-order chi connectivity index (χ0) is 17.4. The lowest BCUT2D eigenvalue weighted by molar-refractivity contribution is 0.102. The van der Waals surface area contributed by atoms with Gasteiger partial charge in [0.15, 0.2) is 5.69 Å². The number of para-hydroxylation sites is 1. The summed E-state index contributed by atoms with van der Waals surface area (Å²) >= 11 is 0. The van der Waals surface area contributed by atoms with E-state index >= 15 is 0 Å². The topological polar surface area (TPSA) is 73.8 Å². The van der Waals surface area contributed by atoms with Gasteiger partial charge in [0.2, 0.25) is 0 Å². The normalized spacial score (nSPS) is 10.8. The number of hydrogen-bond acceptors (Lipinski definition) is 3. The minimum Gasteiger partial charge on any atom is -0.314 e. The molecule has 1 N–H and O–H groups in total. The van der Waals surface area contributed by atoms with E-state index in [1.807, 2.05) is 37.3 Å². The van der Waals surface area contributed by atoms with Crippen LogP contribution < -0.4 is 10.9 Å². The van der Waals surface area contributed by atoms with E-state index in [1.165, 1.54) is 4.68 Å². The van der Waals surface area contributed by atoms with E-state index < -0.39 is 5.91 Å². The van der Waals surface area contributed by atoms with Crippen LogP contribution in [0.3, 0.4) is 0 Å². The second kappa shape index (κ2) is 5.84. The maximum atomic E-state index is 12.8. The van der Waals surface area contributed by atoms with Crippen LogP contribution in [0.5, 0.6) is 0 Å². The molecule has 0 atom stereocenters. The number of anilines is 1. The Labute approximate surface area is 139 Å². The highest BCUT2D eigenvalue weighted by Gasteiger charge is 2.20. The molecule has 124 valence electrons. The van der Waals surface area contributed by atoms with Crippen molar-refractivity contribution < 1.29 is 4.79 Å². The minimum absolute atomic E-state index is 0.259. The fraction of sp³-hybridized carbons (Fsp3) is 0.235. The summed E-state index contributed by atoms with van der Waals surface area (Å²) in [6, 6.07) is 11.0. The van der Waals surface area contributed by atoms with Gasteiger partial charge in [-0.3, -0.25) is 19.0 Å². The van der Waals surface area contributed by atoms with E-state index in [0.717, 1.165) is 11.4 Å². The van der Waals surface area contributed by atoms with Crippen LogP contribution in [-0.2, 0) is 14.1 Å². The monoisotopic (exact) mass is 325 g/mol. The van der Waals surface area contributed by atoms with Crippen LogP contribution in [0.1, 0.15) is 21.9 Å². The molecule has 0 saturated carbocycles. The zero-order valence-electron chi connectivity index (χ0n) is 14.1. The molecule has 1 aromatic carbocycles. The van der Waals surface area contributed by atoms with Gasteiger partial charge in [-0.05, 0) is 32.0 Å². The van der Waals surface area contributed by atoms with E-state index in [2.05, 4.69) is 10.4 Å². The zero-order valence-corrected chi connectivity index (χ0v) is 14.1. The van der Waals surface area contributed by atoms with Crippen molar-refractivity contribution in [3.05, 3.63) is 63.8 Å². The van der Waals surface area contributed by atoms with E-state index in [9.17, 15) is 9.59 Å². The number of nitrogens with one attached hydrogen (secondary N) is 1. The summed E-state index contributed by atoms with van der Waals surface area (Å²) < 4.78 is 4.86. The molecule has 24 heavy (non-hydrogen) atoms. The molecule has 3 aromatic rings. The van der Waals surface area contributed by atoms with Crippen molar-refractivity contribution in [2.24, 2.45) is 14.1 Å². The summed E-state index contributed by atoms with van der Waals surface area (Å²) in [6.07, 6.45) is 0. The van der Waals surface area contributed by atoms with E-state index in [4.69, 9.17) is 0 Å². The van der Waals surface area contributed by atoms with Crippen LogP contribution in [0.2, 0.25) is 0 Å². The summed E-state index contributed by atoms with van der Waals surface area (Å²) in [7, 11) is 3.55. The second-order valence-electron chi connectivity index (χ2n) is 5.69. The molecule has 0 spiro atoms. The lowest BCUT2D eigenvalue weighted by atomic mass is 10.3. The first kappa shape index (κ1) is 15.8. The van der Waals surface area contributed by atoms with E-state index in [1.54, 1.807) is 36.4 Å².